The van der Waals surface area contributed by atoms with Crippen molar-refractivity contribution in [2.24, 2.45) is 5.92 Å². The van der Waals surface area contributed by atoms with Gasteiger partial charge in [0, 0.05) is 0 Å². The van der Waals surface area contributed by atoms with Gasteiger partial charge in [0.15, 0.2) is 0 Å². The van der Waals surface area contributed by atoms with Crippen LogP contribution < -0.4 is 0 Å². The predicted octanol–water partition coefficient (Wildman–Crippen LogP) is 3.20. The number of aliphatic hydroxyl groups is 1. The van der Waals surface area contributed by atoms with E-state index in [1.54, 1.807) is 0 Å². The first kappa shape index (κ1) is 21.3. The maximum absolute atomic E-state index is 10.7. The fraction of sp³-hybridized carbons (Fsp3) is 0.476. The number of aryl methyl sites for hydroxylation is 1. The van der Waals surface area contributed by atoms with Crippen LogP contribution in [-0.2, 0) is 9.59 Å². The van der Waals surface area contributed by atoms with Crippen molar-refractivity contribution < 1.29 is 19.7 Å². The molecule has 144 valence electrons. The molecule has 1 heterocycles. The molecule has 5 nitrogen and oxygen atoms in total. The molecule has 1 aliphatic rings. The van der Waals surface area contributed by atoms with E-state index in [1.165, 1.54) is 16.3 Å². The Labute approximate surface area is 161 Å². The summed E-state index contributed by atoms with van der Waals surface area (Å²) in [6, 6.07) is 12.6. The van der Waals surface area contributed by atoms with Gasteiger partial charge < -0.3 is 14.9 Å². The molecule has 1 aliphatic heterocycles. The monoisotopic (exact) mass is 369 g/mol. The second kappa shape index (κ2) is 10.4. The Morgan fingerprint density at radius 3 is 2.52 bits per heavy atom. The van der Waals surface area contributed by atoms with Crippen molar-refractivity contribution in [3.63, 3.8) is 0 Å². The van der Waals surface area contributed by atoms with Crippen LogP contribution in [0.1, 0.15) is 42.9 Å². The van der Waals surface area contributed by atoms with Gasteiger partial charge in [-0.2, -0.15) is 9.59 Å². The van der Waals surface area contributed by atoms with Gasteiger partial charge in [-0.05, 0) is 74.8 Å². The molecule has 27 heavy (non-hydrogen) atoms. The Morgan fingerprint density at radius 1 is 1.22 bits per heavy atom. The summed E-state index contributed by atoms with van der Waals surface area (Å²) in [6.07, 6.45) is 3.95. The van der Waals surface area contributed by atoms with Crippen LogP contribution >= 0.6 is 0 Å². The minimum absolute atomic E-state index is 0.250. The summed E-state index contributed by atoms with van der Waals surface area (Å²) in [6.45, 7) is 5.86. The average molecular weight is 369 g/mol. The highest BCUT2D eigenvalue weighted by atomic mass is 16.3. The Bertz CT molecular complexity index is 766. The quantitative estimate of drug-likeness (QED) is 0.792. The average Bonchev–Trinajstić information content (AvgIpc) is 2.66. The lowest BCUT2D eigenvalue weighted by Gasteiger charge is -2.33. The molecular formula is C21H28BNO4. The van der Waals surface area contributed by atoms with E-state index in [1.807, 2.05) is 12.9 Å². The van der Waals surface area contributed by atoms with E-state index < -0.39 is 6.10 Å². The molecule has 0 aromatic heterocycles. The minimum atomic E-state index is -0.398. The second-order valence-corrected chi connectivity index (χ2v) is 7.36. The van der Waals surface area contributed by atoms with Gasteiger partial charge in [-0.15, -0.1) is 0 Å². The molecule has 1 unspecified atom stereocenters. The number of fused-ring (bicyclic) bond motifs is 1. The first-order valence-electron chi connectivity index (χ1n) is 9.55. The van der Waals surface area contributed by atoms with Gasteiger partial charge >= 0.3 is 13.2 Å². The molecule has 0 saturated carbocycles. The number of aliphatic hydroxyl groups excluding tert-OH is 1. The van der Waals surface area contributed by atoms with Gasteiger partial charge in [0.05, 0.1) is 6.10 Å². The maximum atomic E-state index is 10.7. The topological polar surface area (TPSA) is 77.8 Å². The van der Waals surface area contributed by atoms with E-state index in [0.717, 1.165) is 44.3 Å². The van der Waals surface area contributed by atoms with Crippen LogP contribution in [-0.4, -0.2) is 41.2 Å². The fourth-order valence-corrected chi connectivity index (χ4v) is 3.87. The molecule has 0 bridgehead atoms. The van der Waals surface area contributed by atoms with Gasteiger partial charge in [0.1, 0.15) is 0 Å². The van der Waals surface area contributed by atoms with Crippen LogP contribution in [0.3, 0.4) is 0 Å². The largest absolute Gasteiger partial charge is 0.437 e. The zero-order valence-corrected chi connectivity index (χ0v) is 16.1. The van der Waals surface area contributed by atoms with Crippen molar-refractivity contribution in [3.05, 3.63) is 47.5 Å². The van der Waals surface area contributed by atoms with Crippen LogP contribution in [0, 0.1) is 12.8 Å². The second-order valence-electron chi connectivity index (χ2n) is 7.36. The summed E-state index contributed by atoms with van der Waals surface area (Å²) in [5, 5.41) is 22.7. The fourth-order valence-electron chi connectivity index (χ4n) is 3.87. The standard InChI is InChI=1S/C20H28BNO2.CO2/c1-15-6-8-17-4-3-5-18(19(17)14-15)20(23)9-7-16-10-12-22(13-11-16)21(2)24;2-1-3/h3-6,8,14,16,20,23-24H,7,9-13H2,1-2H3;. The van der Waals surface area contributed by atoms with Crippen LogP contribution in [0.2, 0.25) is 6.82 Å². The number of hydrogen-bond donors (Lipinski definition) is 2. The SMILES string of the molecule is CB(O)N1CCC(CCC(O)c2cccc3ccc(C)cc23)CC1.O=C=O. The Hall–Kier alpha value is -1.98. The highest BCUT2D eigenvalue weighted by Gasteiger charge is 2.24. The van der Waals surface area contributed by atoms with Crippen LogP contribution in [0.25, 0.3) is 10.8 Å². The number of benzene rings is 2. The van der Waals surface area contributed by atoms with Gasteiger partial charge in [0.25, 0.3) is 0 Å². The molecule has 1 atom stereocenters. The van der Waals surface area contributed by atoms with Crippen LogP contribution in [0.15, 0.2) is 36.4 Å². The van der Waals surface area contributed by atoms with Gasteiger partial charge in [-0.1, -0.05) is 42.0 Å². The molecule has 6 heteroatoms. The summed E-state index contributed by atoms with van der Waals surface area (Å²) < 4.78 is 0. The summed E-state index contributed by atoms with van der Waals surface area (Å²) in [7, 11) is -0.338. The number of carbonyl (C=O) groups excluding carboxylic acids is 2. The highest BCUT2D eigenvalue weighted by Crippen LogP contribution is 2.31. The molecule has 1 saturated heterocycles. The number of rotatable bonds is 5. The first-order chi connectivity index (χ1) is 13.0. The van der Waals surface area contributed by atoms with Crippen molar-refractivity contribution in [1.82, 2.24) is 4.81 Å². The van der Waals surface area contributed by atoms with E-state index >= 15 is 0 Å². The van der Waals surface area contributed by atoms with E-state index in [4.69, 9.17) is 9.59 Å². The van der Waals surface area contributed by atoms with E-state index in [0.29, 0.717) is 5.92 Å². The van der Waals surface area contributed by atoms with Crippen molar-refractivity contribution in [2.75, 3.05) is 13.1 Å². The van der Waals surface area contributed by atoms with Crippen molar-refractivity contribution in [1.29, 1.82) is 0 Å². The Kier molecular flexibility index (Phi) is 8.20. The van der Waals surface area contributed by atoms with E-state index in [-0.39, 0.29) is 13.2 Å². The van der Waals surface area contributed by atoms with Crippen molar-refractivity contribution in [3.8, 4) is 0 Å². The zero-order chi connectivity index (χ0) is 19.8. The molecular weight excluding hydrogens is 341 g/mol. The minimum Gasteiger partial charge on any atom is -0.437 e. The molecule has 1 fully saturated rings. The molecule has 0 aliphatic carbocycles. The summed E-state index contributed by atoms with van der Waals surface area (Å²) >= 11 is 0. The van der Waals surface area contributed by atoms with Gasteiger partial charge in [-0.3, -0.25) is 0 Å². The predicted molar refractivity (Wildman–Crippen MR) is 106 cm³/mol. The zero-order valence-electron chi connectivity index (χ0n) is 16.1. The Morgan fingerprint density at radius 2 is 1.89 bits per heavy atom. The number of nitrogens with zero attached hydrogens (tertiary/aromatic N) is 1. The Balaban J connectivity index is 0.000000817. The van der Waals surface area contributed by atoms with Crippen LogP contribution in [0.5, 0.6) is 0 Å². The van der Waals surface area contributed by atoms with E-state index in [9.17, 15) is 10.1 Å². The lowest BCUT2D eigenvalue weighted by Crippen LogP contribution is -2.42. The smallest absolute Gasteiger partial charge is 0.376 e. The number of hydrogen-bond acceptors (Lipinski definition) is 5. The van der Waals surface area contributed by atoms with Crippen LogP contribution in [0.4, 0.5) is 0 Å². The molecule has 0 spiro atoms. The molecule has 0 amide bonds. The number of piperidine rings is 1. The lowest BCUT2D eigenvalue weighted by atomic mass is 9.80. The normalized spacial score (nSPS) is 16.3. The first-order valence-corrected chi connectivity index (χ1v) is 9.55. The summed E-state index contributed by atoms with van der Waals surface area (Å²) in [5.41, 5.74) is 2.28. The molecule has 2 N–H and O–H groups in total. The van der Waals surface area contributed by atoms with Gasteiger partial charge in [-0.25, -0.2) is 0 Å². The van der Waals surface area contributed by atoms with Crippen molar-refractivity contribution in [2.45, 2.75) is 45.5 Å². The molecule has 2 aromatic carbocycles. The molecule has 2 aromatic rings. The maximum Gasteiger partial charge on any atom is 0.376 e. The third-order valence-corrected chi connectivity index (χ3v) is 5.46. The summed E-state index contributed by atoms with van der Waals surface area (Å²) in [5.74, 6) is 0.659. The highest BCUT2D eigenvalue weighted by molar-refractivity contribution is 6.45. The molecule has 3 rings (SSSR count). The summed E-state index contributed by atoms with van der Waals surface area (Å²) in [4.78, 5) is 18.4. The lowest BCUT2D eigenvalue weighted by molar-refractivity contribution is -0.191. The van der Waals surface area contributed by atoms with Crippen molar-refractivity contribution >= 4 is 24.0 Å². The third kappa shape index (κ3) is 6.01. The molecule has 0 radical (unpaired) electrons. The van der Waals surface area contributed by atoms with E-state index in [2.05, 4.69) is 42.1 Å². The third-order valence-electron chi connectivity index (χ3n) is 5.46. The van der Waals surface area contributed by atoms with Gasteiger partial charge in [0.2, 0.25) is 0 Å².